The van der Waals surface area contributed by atoms with Gasteiger partial charge < -0.3 is 9.30 Å². The predicted molar refractivity (Wildman–Crippen MR) is 77.9 cm³/mol. The second-order valence-corrected chi connectivity index (χ2v) is 7.46. The van der Waals surface area contributed by atoms with Crippen molar-refractivity contribution in [1.82, 2.24) is 4.57 Å². The summed E-state index contributed by atoms with van der Waals surface area (Å²) in [5, 5.41) is 8.93. The van der Waals surface area contributed by atoms with E-state index in [2.05, 4.69) is 0 Å². The van der Waals surface area contributed by atoms with Crippen LogP contribution in [0.1, 0.15) is 30.0 Å². The number of methoxy groups -OCH3 is 1. The Morgan fingerprint density at radius 2 is 2.10 bits per heavy atom. The van der Waals surface area contributed by atoms with E-state index in [0.29, 0.717) is 5.92 Å². The Balaban J connectivity index is 2.23. The van der Waals surface area contributed by atoms with Crippen LogP contribution < -0.4 is 5.56 Å². The summed E-state index contributed by atoms with van der Waals surface area (Å²) in [6.45, 7) is 0.233. The fourth-order valence-electron chi connectivity index (χ4n) is 2.19. The molecule has 0 bridgehead atoms. The van der Waals surface area contributed by atoms with Crippen LogP contribution in [0, 0.1) is 11.3 Å². The Bertz CT molecular complexity index is 711. The van der Waals surface area contributed by atoms with Crippen molar-refractivity contribution in [2.24, 2.45) is 0 Å². The van der Waals surface area contributed by atoms with E-state index in [1.54, 1.807) is 6.07 Å². The molecule has 0 amide bonds. The van der Waals surface area contributed by atoms with Gasteiger partial charge in [0.05, 0.1) is 18.1 Å². The average molecular weight is 310 g/mol. The summed E-state index contributed by atoms with van der Waals surface area (Å²) in [4.78, 5) is 12.2. The number of pyridine rings is 1. The second kappa shape index (κ2) is 6.41. The Morgan fingerprint density at radius 1 is 1.38 bits per heavy atom. The van der Waals surface area contributed by atoms with Crippen LogP contribution in [0.15, 0.2) is 16.9 Å². The molecule has 0 unspecified atom stereocenters. The Hall–Kier alpha value is -1.65. The van der Waals surface area contributed by atoms with Crippen LogP contribution in [-0.4, -0.2) is 38.2 Å². The van der Waals surface area contributed by atoms with Crippen molar-refractivity contribution in [1.29, 1.82) is 5.26 Å². The van der Waals surface area contributed by atoms with E-state index in [0.717, 1.165) is 18.5 Å². The third-order valence-corrected chi connectivity index (χ3v) is 5.14. The molecule has 1 saturated carbocycles. The van der Waals surface area contributed by atoms with Crippen LogP contribution in [0.4, 0.5) is 0 Å². The van der Waals surface area contributed by atoms with Crippen molar-refractivity contribution in [2.45, 2.75) is 25.3 Å². The molecule has 7 heteroatoms. The minimum absolute atomic E-state index is 0.0497. The highest BCUT2D eigenvalue weighted by Gasteiger charge is 2.27. The summed E-state index contributed by atoms with van der Waals surface area (Å²) < 4.78 is 29.9. The molecular weight excluding hydrogens is 292 g/mol. The first-order chi connectivity index (χ1) is 9.98. The van der Waals surface area contributed by atoms with E-state index in [-0.39, 0.29) is 30.2 Å². The maximum absolute atomic E-state index is 12.2. The highest BCUT2D eigenvalue weighted by molar-refractivity contribution is 7.91. The molecule has 0 atom stereocenters. The molecule has 6 nitrogen and oxygen atoms in total. The maximum Gasteiger partial charge on any atom is 0.268 e. The van der Waals surface area contributed by atoms with Gasteiger partial charge in [-0.15, -0.1) is 0 Å². The zero-order chi connectivity index (χ0) is 15.5. The van der Waals surface area contributed by atoms with Crippen molar-refractivity contribution in [3.63, 3.8) is 0 Å². The molecule has 1 aromatic heterocycles. The van der Waals surface area contributed by atoms with E-state index in [9.17, 15) is 13.2 Å². The molecule has 1 heterocycles. The molecule has 21 heavy (non-hydrogen) atoms. The molecule has 0 aromatic carbocycles. The van der Waals surface area contributed by atoms with E-state index in [1.165, 1.54) is 17.7 Å². The fraction of sp³-hybridized carbons (Fsp3) is 0.571. The molecule has 2 rings (SSSR count). The largest absolute Gasteiger partial charge is 0.384 e. The van der Waals surface area contributed by atoms with E-state index in [4.69, 9.17) is 10.00 Å². The monoisotopic (exact) mass is 310 g/mol. The summed E-state index contributed by atoms with van der Waals surface area (Å²) in [6.07, 6.45) is 2.00. The third kappa shape index (κ3) is 3.93. The van der Waals surface area contributed by atoms with E-state index >= 15 is 0 Å². The maximum atomic E-state index is 12.2. The molecule has 0 N–H and O–H groups in total. The quantitative estimate of drug-likeness (QED) is 0.738. The molecule has 1 fully saturated rings. The number of rotatable bonds is 7. The molecule has 114 valence electrons. The van der Waals surface area contributed by atoms with Gasteiger partial charge in [0.1, 0.15) is 11.6 Å². The van der Waals surface area contributed by atoms with Gasteiger partial charge in [-0.1, -0.05) is 0 Å². The van der Waals surface area contributed by atoms with Gasteiger partial charge in [0.2, 0.25) is 0 Å². The zero-order valence-electron chi connectivity index (χ0n) is 11.9. The van der Waals surface area contributed by atoms with Crippen molar-refractivity contribution >= 4 is 9.84 Å². The van der Waals surface area contributed by atoms with Gasteiger partial charge in [0.25, 0.3) is 5.56 Å². The molecule has 0 spiro atoms. The standard InChI is InChI=1S/C14H18N2O4S/c1-20-7-9-21(18,19)8-6-16-13(11-2-3-11)5-4-12(10-15)14(16)17/h4-5,11H,2-3,6-9H2,1H3. The number of aromatic nitrogens is 1. The number of nitriles is 1. The van der Waals surface area contributed by atoms with Gasteiger partial charge in [0.15, 0.2) is 9.84 Å². The van der Waals surface area contributed by atoms with Crippen molar-refractivity contribution < 1.29 is 13.2 Å². The predicted octanol–water partition coefficient (Wildman–Crippen LogP) is 0.659. The van der Waals surface area contributed by atoms with Crippen LogP contribution >= 0.6 is 0 Å². The van der Waals surface area contributed by atoms with Gasteiger partial charge in [-0.05, 0) is 30.9 Å². The minimum atomic E-state index is -3.27. The van der Waals surface area contributed by atoms with Crippen molar-refractivity contribution in [3.05, 3.63) is 33.7 Å². The van der Waals surface area contributed by atoms with Gasteiger partial charge >= 0.3 is 0 Å². The van der Waals surface area contributed by atoms with Gasteiger partial charge in [-0.2, -0.15) is 5.26 Å². The normalized spacial score (nSPS) is 14.9. The fourth-order valence-corrected chi connectivity index (χ4v) is 3.27. The summed E-state index contributed by atoms with van der Waals surface area (Å²) in [5.74, 6) is 0.131. The summed E-state index contributed by atoms with van der Waals surface area (Å²) in [5.41, 5.74) is 0.485. The smallest absolute Gasteiger partial charge is 0.268 e. The SMILES string of the molecule is COCCS(=O)(=O)CCn1c(C2CC2)ccc(C#N)c1=O. The zero-order valence-corrected chi connectivity index (χ0v) is 12.7. The topological polar surface area (TPSA) is 89.2 Å². The molecule has 1 aliphatic carbocycles. The molecule has 0 aliphatic heterocycles. The summed E-state index contributed by atoms with van der Waals surface area (Å²) >= 11 is 0. The van der Waals surface area contributed by atoms with E-state index < -0.39 is 15.4 Å². The number of sulfone groups is 1. The first kappa shape index (κ1) is 15.7. The van der Waals surface area contributed by atoms with Crippen LogP contribution in [0.3, 0.4) is 0 Å². The van der Waals surface area contributed by atoms with Crippen LogP contribution in [0.2, 0.25) is 0 Å². The van der Waals surface area contributed by atoms with Crippen molar-refractivity contribution in [3.8, 4) is 6.07 Å². The summed E-state index contributed by atoms with van der Waals surface area (Å²) in [6, 6.07) is 5.13. The van der Waals surface area contributed by atoms with E-state index in [1.807, 2.05) is 6.07 Å². The lowest BCUT2D eigenvalue weighted by Gasteiger charge is -2.13. The van der Waals surface area contributed by atoms with Crippen LogP contribution in [0.25, 0.3) is 0 Å². The lowest BCUT2D eigenvalue weighted by atomic mass is 10.2. The third-order valence-electron chi connectivity index (χ3n) is 3.55. The lowest BCUT2D eigenvalue weighted by molar-refractivity contribution is 0.217. The molecular formula is C14H18N2O4S. The second-order valence-electron chi connectivity index (χ2n) is 5.16. The average Bonchev–Trinajstić information content (AvgIpc) is 3.28. The highest BCUT2D eigenvalue weighted by Crippen LogP contribution is 2.39. The Kier molecular flexibility index (Phi) is 4.80. The number of hydrogen-bond donors (Lipinski definition) is 0. The van der Waals surface area contributed by atoms with Crippen molar-refractivity contribution in [2.75, 3.05) is 25.2 Å². The van der Waals surface area contributed by atoms with Gasteiger partial charge in [-0.25, -0.2) is 8.42 Å². The van der Waals surface area contributed by atoms with Gasteiger partial charge in [-0.3, -0.25) is 4.79 Å². The minimum Gasteiger partial charge on any atom is -0.384 e. The lowest BCUT2D eigenvalue weighted by Crippen LogP contribution is -2.29. The Labute approximate surface area is 123 Å². The number of ether oxygens (including phenoxy) is 1. The number of nitrogens with zero attached hydrogens (tertiary/aromatic N) is 2. The number of hydrogen-bond acceptors (Lipinski definition) is 5. The van der Waals surface area contributed by atoms with Crippen LogP contribution in [0.5, 0.6) is 0 Å². The first-order valence-electron chi connectivity index (χ1n) is 6.81. The molecule has 1 aromatic rings. The molecule has 1 aliphatic rings. The highest BCUT2D eigenvalue weighted by atomic mass is 32.2. The summed E-state index contributed by atoms with van der Waals surface area (Å²) in [7, 11) is -1.82. The Morgan fingerprint density at radius 3 is 2.67 bits per heavy atom. The molecule has 0 saturated heterocycles. The molecule has 0 radical (unpaired) electrons. The first-order valence-corrected chi connectivity index (χ1v) is 8.64. The van der Waals surface area contributed by atoms with Crippen LogP contribution in [-0.2, 0) is 21.1 Å². The van der Waals surface area contributed by atoms with Gasteiger partial charge in [0, 0.05) is 19.3 Å².